The first-order valence-corrected chi connectivity index (χ1v) is 6.30. The molecule has 0 radical (unpaired) electrons. The van der Waals surface area contributed by atoms with Crippen LogP contribution in [-0.4, -0.2) is 45.8 Å². The number of amides is 2. The lowest BCUT2D eigenvalue weighted by Crippen LogP contribution is -2.43. The first-order valence-electron chi connectivity index (χ1n) is 5.92. The van der Waals surface area contributed by atoms with Crippen LogP contribution in [0.4, 0.5) is 19.3 Å². The third-order valence-corrected chi connectivity index (χ3v) is 3.36. The molecule has 1 aliphatic heterocycles. The topological polar surface area (TPSA) is 89.9 Å². The van der Waals surface area contributed by atoms with Crippen LogP contribution < -0.4 is 5.32 Å². The second-order valence-electron chi connectivity index (χ2n) is 4.57. The molecule has 2 unspecified atom stereocenters. The van der Waals surface area contributed by atoms with E-state index in [9.17, 15) is 23.5 Å². The van der Waals surface area contributed by atoms with Crippen molar-refractivity contribution in [3.8, 4) is 0 Å². The number of aliphatic hydroxyl groups is 1. The fourth-order valence-corrected chi connectivity index (χ4v) is 2.35. The van der Waals surface area contributed by atoms with Gasteiger partial charge < -0.3 is 20.4 Å². The summed E-state index contributed by atoms with van der Waals surface area (Å²) in [7, 11) is 0. The van der Waals surface area contributed by atoms with Gasteiger partial charge in [0, 0.05) is 19.0 Å². The molecule has 9 heteroatoms. The molecular weight excluding hydrogens is 310 g/mol. The van der Waals surface area contributed by atoms with Crippen LogP contribution in [0.15, 0.2) is 12.1 Å². The number of anilines is 1. The van der Waals surface area contributed by atoms with Crippen molar-refractivity contribution >= 4 is 29.3 Å². The standard InChI is InChI=1S/C12H11ClF2N2O4/c13-7-1-5(14)2-8(15)10(7)16-12(21)17-4-6(18)3-9(17)11(19)20/h1-2,6,9,18H,3-4H2,(H,16,21)(H,19,20). The number of halogens is 3. The number of urea groups is 1. The van der Waals surface area contributed by atoms with E-state index >= 15 is 0 Å². The van der Waals surface area contributed by atoms with Gasteiger partial charge >= 0.3 is 12.0 Å². The minimum atomic E-state index is -1.28. The Morgan fingerprint density at radius 1 is 1.38 bits per heavy atom. The SMILES string of the molecule is O=C(O)C1CC(O)CN1C(=O)Nc1c(F)cc(F)cc1Cl. The average molecular weight is 321 g/mol. The number of likely N-dealkylation sites (tertiary alicyclic amines) is 1. The molecule has 0 aliphatic carbocycles. The van der Waals surface area contributed by atoms with Crippen molar-refractivity contribution in [2.45, 2.75) is 18.6 Å². The molecule has 2 atom stereocenters. The van der Waals surface area contributed by atoms with Gasteiger partial charge in [-0.2, -0.15) is 0 Å². The summed E-state index contributed by atoms with van der Waals surface area (Å²) in [6.45, 7) is -0.205. The predicted octanol–water partition coefficient (Wildman–Crippen LogP) is 1.67. The molecule has 0 saturated carbocycles. The number of nitrogens with one attached hydrogen (secondary N) is 1. The van der Waals surface area contributed by atoms with Crippen molar-refractivity contribution in [2.24, 2.45) is 0 Å². The van der Waals surface area contributed by atoms with Gasteiger partial charge in [0.1, 0.15) is 11.9 Å². The zero-order valence-electron chi connectivity index (χ0n) is 10.5. The van der Waals surface area contributed by atoms with Gasteiger partial charge in [0.05, 0.1) is 16.8 Å². The van der Waals surface area contributed by atoms with Crippen LogP contribution in [0.5, 0.6) is 0 Å². The fraction of sp³-hybridized carbons (Fsp3) is 0.333. The molecule has 6 nitrogen and oxygen atoms in total. The predicted molar refractivity (Wildman–Crippen MR) is 69.1 cm³/mol. The molecular formula is C12H11ClF2N2O4. The molecule has 114 valence electrons. The van der Waals surface area contributed by atoms with Gasteiger partial charge in [-0.25, -0.2) is 18.4 Å². The largest absolute Gasteiger partial charge is 0.480 e. The molecule has 1 aromatic rings. The summed E-state index contributed by atoms with van der Waals surface area (Å²) < 4.78 is 26.5. The Bertz CT molecular complexity index is 576. The number of aliphatic hydroxyl groups excluding tert-OH is 1. The Morgan fingerprint density at radius 3 is 2.62 bits per heavy atom. The summed E-state index contributed by atoms with van der Waals surface area (Å²) in [4.78, 5) is 23.8. The Balaban J connectivity index is 2.20. The number of β-amino-alcohol motifs (C(OH)–C–C–N with tert-alkyl or cyclic N) is 1. The van der Waals surface area contributed by atoms with Gasteiger partial charge in [-0.15, -0.1) is 0 Å². The molecule has 1 fully saturated rings. The Labute approximate surface area is 122 Å². The third kappa shape index (κ3) is 3.22. The summed E-state index contributed by atoms with van der Waals surface area (Å²) in [5.41, 5.74) is -0.450. The summed E-state index contributed by atoms with van der Waals surface area (Å²) in [6, 6.07) is -0.809. The van der Waals surface area contributed by atoms with E-state index in [1.54, 1.807) is 0 Å². The third-order valence-electron chi connectivity index (χ3n) is 3.06. The molecule has 21 heavy (non-hydrogen) atoms. The van der Waals surface area contributed by atoms with Gasteiger partial charge in [0.25, 0.3) is 0 Å². The van der Waals surface area contributed by atoms with E-state index < -0.39 is 41.5 Å². The van der Waals surface area contributed by atoms with Crippen LogP contribution >= 0.6 is 11.6 Å². The Hall–Kier alpha value is -1.93. The van der Waals surface area contributed by atoms with Crippen molar-refractivity contribution in [2.75, 3.05) is 11.9 Å². The van der Waals surface area contributed by atoms with Crippen LogP contribution in [0.2, 0.25) is 5.02 Å². The summed E-state index contributed by atoms with van der Waals surface area (Å²) in [5, 5.41) is 20.2. The Kier molecular flexibility index (Phi) is 4.29. The Morgan fingerprint density at radius 2 is 2.05 bits per heavy atom. The number of hydrogen-bond donors (Lipinski definition) is 3. The number of aliphatic carboxylic acids is 1. The number of hydrogen-bond acceptors (Lipinski definition) is 3. The zero-order valence-corrected chi connectivity index (χ0v) is 11.3. The molecule has 1 aromatic carbocycles. The number of carboxylic acids is 1. The van der Waals surface area contributed by atoms with E-state index in [1.807, 2.05) is 0 Å². The van der Waals surface area contributed by atoms with Gasteiger partial charge in [-0.3, -0.25) is 0 Å². The van der Waals surface area contributed by atoms with E-state index in [1.165, 1.54) is 0 Å². The smallest absolute Gasteiger partial charge is 0.326 e. The number of nitrogens with zero attached hydrogens (tertiary/aromatic N) is 1. The molecule has 0 aromatic heterocycles. The lowest BCUT2D eigenvalue weighted by molar-refractivity contribution is -0.141. The van der Waals surface area contributed by atoms with Crippen LogP contribution in [0, 0.1) is 11.6 Å². The first kappa shape index (κ1) is 15.5. The quantitative estimate of drug-likeness (QED) is 0.773. The minimum absolute atomic E-state index is 0.123. The normalized spacial score (nSPS) is 21.4. The van der Waals surface area contributed by atoms with Crippen molar-refractivity contribution in [1.29, 1.82) is 0 Å². The van der Waals surface area contributed by atoms with Crippen molar-refractivity contribution in [3.05, 3.63) is 28.8 Å². The molecule has 2 amide bonds. The molecule has 1 saturated heterocycles. The fourth-order valence-electron chi connectivity index (χ4n) is 2.11. The minimum Gasteiger partial charge on any atom is -0.480 e. The van der Waals surface area contributed by atoms with Gasteiger partial charge in [-0.1, -0.05) is 11.6 Å². The summed E-state index contributed by atoms with van der Waals surface area (Å²) >= 11 is 5.63. The maximum absolute atomic E-state index is 13.6. The van der Waals surface area contributed by atoms with Gasteiger partial charge in [-0.05, 0) is 6.07 Å². The second-order valence-corrected chi connectivity index (χ2v) is 4.98. The number of carboxylic acid groups (broad SMARTS) is 1. The lowest BCUT2D eigenvalue weighted by atomic mass is 10.2. The van der Waals surface area contributed by atoms with E-state index in [-0.39, 0.29) is 18.0 Å². The number of carbonyl (C=O) groups is 2. The molecule has 2 rings (SSSR count). The van der Waals surface area contributed by atoms with E-state index in [2.05, 4.69) is 5.32 Å². The zero-order chi connectivity index (χ0) is 15.7. The maximum atomic E-state index is 13.6. The van der Waals surface area contributed by atoms with Crippen molar-refractivity contribution in [3.63, 3.8) is 0 Å². The van der Waals surface area contributed by atoms with E-state index in [0.717, 1.165) is 11.0 Å². The second kappa shape index (κ2) is 5.82. The molecule has 3 N–H and O–H groups in total. The number of rotatable bonds is 2. The number of carbonyl (C=O) groups excluding carboxylic acids is 1. The highest BCUT2D eigenvalue weighted by Gasteiger charge is 2.39. The summed E-state index contributed by atoms with van der Waals surface area (Å²) in [6.07, 6.45) is -1.10. The monoisotopic (exact) mass is 320 g/mol. The highest BCUT2D eigenvalue weighted by atomic mass is 35.5. The lowest BCUT2D eigenvalue weighted by Gasteiger charge is -2.22. The van der Waals surface area contributed by atoms with Crippen LogP contribution in [0.1, 0.15) is 6.42 Å². The molecule has 1 heterocycles. The van der Waals surface area contributed by atoms with E-state index in [0.29, 0.717) is 6.07 Å². The highest BCUT2D eigenvalue weighted by Crippen LogP contribution is 2.28. The van der Waals surface area contributed by atoms with Crippen LogP contribution in [0.25, 0.3) is 0 Å². The molecule has 1 aliphatic rings. The maximum Gasteiger partial charge on any atom is 0.326 e. The van der Waals surface area contributed by atoms with Gasteiger partial charge in [0.15, 0.2) is 5.82 Å². The number of benzene rings is 1. The van der Waals surface area contributed by atoms with Crippen molar-refractivity contribution < 1.29 is 28.6 Å². The molecule has 0 bridgehead atoms. The average Bonchev–Trinajstić information content (AvgIpc) is 2.76. The highest BCUT2D eigenvalue weighted by molar-refractivity contribution is 6.33. The van der Waals surface area contributed by atoms with Crippen molar-refractivity contribution in [1.82, 2.24) is 4.90 Å². The first-order chi connectivity index (χ1) is 9.79. The van der Waals surface area contributed by atoms with Crippen LogP contribution in [0.3, 0.4) is 0 Å². The van der Waals surface area contributed by atoms with Gasteiger partial charge in [0.2, 0.25) is 0 Å². The molecule has 0 spiro atoms. The van der Waals surface area contributed by atoms with Crippen LogP contribution in [-0.2, 0) is 4.79 Å². The summed E-state index contributed by atoms with van der Waals surface area (Å²) in [5.74, 6) is -3.28. The van der Waals surface area contributed by atoms with E-state index in [4.69, 9.17) is 16.7 Å².